The molecule has 0 amide bonds. The van der Waals surface area contributed by atoms with E-state index >= 15 is 0 Å². The number of hydrogen-bond acceptors (Lipinski definition) is 4. The largest absolute Gasteiger partial charge is 0.384 e. The second-order valence-electron chi connectivity index (χ2n) is 6.07. The summed E-state index contributed by atoms with van der Waals surface area (Å²) in [5.74, 6) is 0. The minimum atomic E-state index is -0.735. The highest BCUT2D eigenvalue weighted by molar-refractivity contribution is 6.13. The first-order valence-electron chi connectivity index (χ1n) is 7.45. The van der Waals surface area contributed by atoms with Gasteiger partial charge in [0.1, 0.15) is 5.60 Å². The van der Waals surface area contributed by atoms with Gasteiger partial charge in [0.05, 0.1) is 5.69 Å². The zero-order chi connectivity index (χ0) is 14.0. The van der Waals surface area contributed by atoms with E-state index in [1.54, 1.807) is 6.20 Å². The van der Waals surface area contributed by atoms with E-state index in [1.807, 2.05) is 18.2 Å². The van der Waals surface area contributed by atoms with E-state index < -0.39 is 5.60 Å². The molecule has 0 aromatic carbocycles. The molecule has 2 fully saturated rings. The molecule has 20 heavy (non-hydrogen) atoms. The fourth-order valence-electron chi connectivity index (χ4n) is 3.55. The van der Waals surface area contributed by atoms with Crippen molar-refractivity contribution in [2.24, 2.45) is 0 Å². The van der Waals surface area contributed by atoms with Gasteiger partial charge in [0, 0.05) is 31.4 Å². The number of nitrogens with zero attached hydrogens (tertiary/aromatic N) is 2. The first-order valence-corrected chi connectivity index (χ1v) is 7.83. The molecule has 1 aliphatic carbocycles. The van der Waals surface area contributed by atoms with Crippen molar-refractivity contribution in [2.45, 2.75) is 49.8 Å². The van der Waals surface area contributed by atoms with Gasteiger partial charge in [-0.3, -0.25) is 9.88 Å². The average Bonchev–Trinajstić information content (AvgIpc) is 2.98. The first-order chi connectivity index (χ1) is 9.71. The van der Waals surface area contributed by atoms with Gasteiger partial charge < -0.3 is 5.11 Å². The van der Waals surface area contributed by atoms with Crippen LogP contribution in [0.3, 0.4) is 0 Å². The Morgan fingerprint density at radius 1 is 1.30 bits per heavy atom. The molecule has 110 valence electrons. The standard InChI is InChI=1S/C15H22ClN3O/c16-18-12-6-10-19(11-12)13-4-7-15(20,8-5-13)14-3-1-2-9-17-14/h1-3,9,12-13,18,20H,4-8,10-11H2. The quantitative estimate of drug-likeness (QED) is 0.838. The molecule has 5 heteroatoms. The Morgan fingerprint density at radius 2 is 2.10 bits per heavy atom. The topological polar surface area (TPSA) is 48.4 Å². The Bertz CT molecular complexity index is 434. The fraction of sp³-hybridized carbons (Fsp3) is 0.667. The predicted octanol–water partition coefficient (Wildman–Crippen LogP) is 2.03. The molecule has 0 radical (unpaired) electrons. The highest BCUT2D eigenvalue weighted by Crippen LogP contribution is 2.38. The van der Waals surface area contributed by atoms with Crippen LogP contribution < -0.4 is 4.84 Å². The predicted molar refractivity (Wildman–Crippen MR) is 79.4 cm³/mol. The van der Waals surface area contributed by atoms with Gasteiger partial charge in [-0.05, 0) is 56.0 Å². The summed E-state index contributed by atoms with van der Waals surface area (Å²) in [6.07, 6.45) is 6.53. The van der Waals surface area contributed by atoms with E-state index in [9.17, 15) is 5.11 Å². The third kappa shape index (κ3) is 2.84. The van der Waals surface area contributed by atoms with E-state index in [0.717, 1.165) is 50.9 Å². The second-order valence-corrected chi connectivity index (χ2v) is 6.29. The number of pyridine rings is 1. The number of likely N-dealkylation sites (tertiary alicyclic amines) is 1. The third-order valence-corrected chi connectivity index (χ3v) is 5.12. The van der Waals surface area contributed by atoms with E-state index in [1.165, 1.54) is 0 Å². The molecule has 1 saturated heterocycles. The van der Waals surface area contributed by atoms with Gasteiger partial charge in [0.25, 0.3) is 0 Å². The van der Waals surface area contributed by atoms with E-state index in [-0.39, 0.29) is 0 Å². The lowest BCUT2D eigenvalue weighted by Gasteiger charge is -2.39. The first kappa shape index (κ1) is 14.3. The van der Waals surface area contributed by atoms with Crippen molar-refractivity contribution in [2.75, 3.05) is 13.1 Å². The van der Waals surface area contributed by atoms with E-state index in [2.05, 4.69) is 14.7 Å². The summed E-state index contributed by atoms with van der Waals surface area (Å²) in [6.45, 7) is 2.13. The SMILES string of the molecule is OC1(c2ccccn2)CCC(N2CCC(NCl)C2)CC1. The minimum Gasteiger partial charge on any atom is -0.384 e. The van der Waals surface area contributed by atoms with Crippen LogP contribution in [0, 0.1) is 0 Å². The number of halogens is 1. The van der Waals surface area contributed by atoms with Crippen molar-refractivity contribution in [3.8, 4) is 0 Å². The zero-order valence-electron chi connectivity index (χ0n) is 11.6. The molecule has 1 saturated carbocycles. The van der Waals surface area contributed by atoms with Gasteiger partial charge in [-0.1, -0.05) is 6.07 Å². The molecule has 1 atom stereocenters. The lowest BCUT2D eigenvalue weighted by molar-refractivity contribution is -0.0257. The van der Waals surface area contributed by atoms with Crippen molar-refractivity contribution in [1.29, 1.82) is 0 Å². The van der Waals surface area contributed by atoms with Crippen LogP contribution in [0.5, 0.6) is 0 Å². The Hall–Kier alpha value is -0.680. The van der Waals surface area contributed by atoms with Crippen LogP contribution in [0.4, 0.5) is 0 Å². The maximum absolute atomic E-state index is 10.8. The van der Waals surface area contributed by atoms with Crippen molar-refractivity contribution >= 4 is 11.8 Å². The molecule has 2 heterocycles. The summed E-state index contributed by atoms with van der Waals surface area (Å²) in [6, 6.07) is 6.76. The summed E-state index contributed by atoms with van der Waals surface area (Å²) in [5.41, 5.74) is 0.0851. The molecule has 3 rings (SSSR count). The van der Waals surface area contributed by atoms with Crippen molar-refractivity contribution in [3.05, 3.63) is 30.1 Å². The summed E-state index contributed by atoms with van der Waals surface area (Å²) < 4.78 is 0. The van der Waals surface area contributed by atoms with Crippen molar-refractivity contribution in [1.82, 2.24) is 14.7 Å². The molecule has 2 N–H and O–H groups in total. The maximum Gasteiger partial charge on any atom is 0.107 e. The van der Waals surface area contributed by atoms with Crippen molar-refractivity contribution in [3.63, 3.8) is 0 Å². The zero-order valence-corrected chi connectivity index (χ0v) is 12.4. The van der Waals surface area contributed by atoms with Gasteiger partial charge >= 0.3 is 0 Å². The summed E-state index contributed by atoms with van der Waals surface area (Å²) >= 11 is 5.71. The Labute approximate surface area is 125 Å². The van der Waals surface area contributed by atoms with Crippen LogP contribution >= 0.6 is 11.8 Å². The number of aliphatic hydroxyl groups is 1. The normalized spacial score (nSPS) is 35.3. The number of aromatic nitrogens is 1. The minimum absolute atomic E-state index is 0.410. The van der Waals surface area contributed by atoms with Gasteiger partial charge in [-0.2, -0.15) is 0 Å². The Balaban J connectivity index is 1.60. The monoisotopic (exact) mass is 295 g/mol. The molecule has 0 bridgehead atoms. The summed E-state index contributed by atoms with van der Waals surface area (Å²) in [4.78, 5) is 9.69. The summed E-state index contributed by atoms with van der Waals surface area (Å²) in [7, 11) is 0. The average molecular weight is 296 g/mol. The molecular formula is C15H22ClN3O. The van der Waals surface area contributed by atoms with Crippen LogP contribution in [0.1, 0.15) is 37.8 Å². The maximum atomic E-state index is 10.8. The smallest absolute Gasteiger partial charge is 0.107 e. The number of nitrogens with one attached hydrogen (secondary N) is 1. The van der Waals surface area contributed by atoms with Crippen LogP contribution in [-0.4, -0.2) is 40.2 Å². The van der Waals surface area contributed by atoms with Crippen LogP contribution in [0.2, 0.25) is 0 Å². The highest BCUT2D eigenvalue weighted by Gasteiger charge is 2.38. The summed E-state index contributed by atoms with van der Waals surface area (Å²) in [5, 5.41) is 10.8. The van der Waals surface area contributed by atoms with Crippen molar-refractivity contribution < 1.29 is 5.11 Å². The van der Waals surface area contributed by atoms with Crippen LogP contribution in [0.15, 0.2) is 24.4 Å². The van der Waals surface area contributed by atoms with E-state index in [4.69, 9.17) is 11.8 Å². The number of rotatable bonds is 3. The second kappa shape index (κ2) is 5.98. The third-order valence-electron chi connectivity index (χ3n) is 4.81. The fourth-order valence-corrected chi connectivity index (χ4v) is 3.73. The number of hydrogen-bond donors (Lipinski definition) is 2. The van der Waals surface area contributed by atoms with Crippen LogP contribution in [-0.2, 0) is 5.60 Å². The molecule has 1 aliphatic heterocycles. The van der Waals surface area contributed by atoms with Gasteiger partial charge in [-0.15, -0.1) is 0 Å². The Kier molecular flexibility index (Phi) is 4.26. The van der Waals surface area contributed by atoms with Crippen LogP contribution in [0.25, 0.3) is 0 Å². The highest BCUT2D eigenvalue weighted by atomic mass is 35.5. The molecular weight excluding hydrogens is 274 g/mol. The lowest BCUT2D eigenvalue weighted by Crippen LogP contribution is -2.42. The Morgan fingerprint density at radius 3 is 2.70 bits per heavy atom. The molecule has 1 aromatic heterocycles. The molecule has 1 aromatic rings. The molecule has 0 spiro atoms. The lowest BCUT2D eigenvalue weighted by atomic mass is 9.79. The van der Waals surface area contributed by atoms with Gasteiger partial charge in [0.15, 0.2) is 0 Å². The molecule has 4 nitrogen and oxygen atoms in total. The van der Waals surface area contributed by atoms with E-state index in [0.29, 0.717) is 12.1 Å². The van der Waals surface area contributed by atoms with Gasteiger partial charge in [0.2, 0.25) is 0 Å². The molecule has 1 unspecified atom stereocenters. The van der Waals surface area contributed by atoms with Gasteiger partial charge in [-0.25, -0.2) is 4.84 Å². The molecule has 2 aliphatic rings.